The summed E-state index contributed by atoms with van der Waals surface area (Å²) in [5, 5.41) is 6.48. The van der Waals surface area contributed by atoms with Gasteiger partial charge >= 0.3 is 0 Å². The quantitative estimate of drug-likeness (QED) is 0.524. The predicted octanol–water partition coefficient (Wildman–Crippen LogP) is 3.10. The molecule has 86 valence electrons. The third-order valence-electron chi connectivity index (χ3n) is 3.71. The standard InChI is InChI=1S/C17H11F/c18-15-10-8-13-6-2-4-11-3-1-5-12-7-9-14(15)17(13)16(11)12/h1,3-10H,2H2. The minimum atomic E-state index is -0.138. The molecule has 3 aromatic carbocycles. The molecule has 0 spiro atoms. The van der Waals surface area contributed by atoms with E-state index in [1.807, 2.05) is 18.2 Å². The molecule has 0 aromatic heterocycles. The fourth-order valence-electron chi connectivity index (χ4n) is 2.90. The number of halogens is 1. The van der Waals surface area contributed by atoms with Crippen molar-refractivity contribution in [1.82, 2.24) is 0 Å². The molecular weight excluding hydrogens is 223 g/mol. The van der Waals surface area contributed by atoms with Gasteiger partial charge in [0.2, 0.25) is 0 Å². The van der Waals surface area contributed by atoms with Crippen molar-refractivity contribution < 1.29 is 4.39 Å². The Morgan fingerprint density at radius 3 is 2.50 bits per heavy atom. The highest BCUT2D eigenvalue weighted by atomic mass is 19.1. The maximum absolute atomic E-state index is 14.0. The average molecular weight is 234 g/mol. The zero-order chi connectivity index (χ0) is 12.1. The summed E-state index contributed by atoms with van der Waals surface area (Å²) < 4.78 is 14.0. The smallest absolute Gasteiger partial charge is 0.131 e. The molecule has 4 rings (SSSR count). The lowest BCUT2D eigenvalue weighted by Gasteiger charge is -2.06. The van der Waals surface area contributed by atoms with E-state index < -0.39 is 0 Å². The van der Waals surface area contributed by atoms with Crippen molar-refractivity contribution in [1.29, 1.82) is 0 Å². The van der Waals surface area contributed by atoms with E-state index in [-0.39, 0.29) is 5.82 Å². The number of hydrogen-bond acceptors (Lipinski definition) is 0. The first kappa shape index (κ1) is 9.84. The molecule has 1 heteroatoms. The molecule has 0 saturated heterocycles. The van der Waals surface area contributed by atoms with Gasteiger partial charge in [-0.25, -0.2) is 4.39 Å². The highest BCUT2D eigenvalue weighted by Crippen LogP contribution is 2.23. The Morgan fingerprint density at radius 1 is 0.778 bits per heavy atom. The highest BCUT2D eigenvalue weighted by Gasteiger charge is 2.08. The monoisotopic (exact) mass is 234 g/mol. The van der Waals surface area contributed by atoms with Crippen molar-refractivity contribution in [3.05, 3.63) is 58.7 Å². The van der Waals surface area contributed by atoms with Crippen molar-refractivity contribution >= 4 is 33.7 Å². The summed E-state index contributed by atoms with van der Waals surface area (Å²) in [6.45, 7) is 0. The molecule has 0 unspecified atom stereocenters. The Hall–Kier alpha value is -2.15. The highest BCUT2D eigenvalue weighted by molar-refractivity contribution is 6.08. The number of benzene rings is 3. The zero-order valence-electron chi connectivity index (χ0n) is 9.78. The van der Waals surface area contributed by atoms with Gasteiger partial charge in [0.05, 0.1) is 0 Å². The minimum absolute atomic E-state index is 0.138. The van der Waals surface area contributed by atoms with Crippen molar-refractivity contribution in [2.75, 3.05) is 0 Å². The second-order valence-electron chi connectivity index (χ2n) is 4.71. The first-order chi connectivity index (χ1) is 8.84. The van der Waals surface area contributed by atoms with E-state index in [2.05, 4.69) is 30.4 Å². The zero-order valence-corrected chi connectivity index (χ0v) is 9.78. The van der Waals surface area contributed by atoms with Gasteiger partial charge in [0.1, 0.15) is 5.82 Å². The Balaban J connectivity index is 2.49. The van der Waals surface area contributed by atoms with Crippen LogP contribution in [0.2, 0.25) is 0 Å². The average Bonchev–Trinajstić information content (AvgIpc) is 2.59. The molecule has 0 aliphatic heterocycles. The molecule has 0 fully saturated rings. The molecule has 3 aromatic rings. The largest absolute Gasteiger partial charge is 0.206 e. The molecule has 0 heterocycles. The van der Waals surface area contributed by atoms with E-state index >= 15 is 0 Å². The van der Waals surface area contributed by atoms with Gasteiger partial charge in [-0.1, -0.05) is 48.6 Å². The van der Waals surface area contributed by atoms with Crippen molar-refractivity contribution in [2.45, 2.75) is 6.42 Å². The van der Waals surface area contributed by atoms with Crippen LogP contribution in [0.4, 0.5) is 4.39 Å². The normalized spacial score (nSPS) is 13.4. The van der Waals surface area contributed by atoms with Crippen LogP contribution in [0, 0.1) is 5.82 Å². The molecule has 0 bridgehead atoms. The van der Waals surface area contributed by atoms with Crippen molar-refractivity contribution in [3.63, 3.8) is 0 Å². The summed E-state index contributed by atoms with van der Waals surface area (Å²) in [6.07, 6.45) is 5.27. The van der Waals surface area contributed by atoms with Gasteiger partial charge in [0, 0.05) is 5.39 Å². The van der Waals surface area contributed by atoms with Gasteiger partial charge in [0.25, 0.3) is 0 Å². The maximum Gasteiger partial charge on any atom is 0.131 e. The molecule has 0 atom stereocenters. The molecule has 0 N–H and O–H groups in total. The summed E-state index contributed by atoms with van der Waals surface area (Å²) in [5.41, 5.74) is 0. The summed E-state index contributed by atoms with van der Waals surface area (Å²) in [6, 6.07) is 13.6. The first-order valence-corrected chi connectivity index (χ1v) is 6.15. The maximum atomic E-state index is 14.0. The third-order valence-corrected chi connectivity index (χ3v) is 3.71. The second kappa shape index (κ2) is 3.42. The third kappa shape index (κ3) is 1.19. The van der Waals surface area contributed by atoms with Crippen LogP contribution >= 0.6 is 0 Å². The van der Waals surface area contributed by atoms with E-state index in [1.165, 1.54) is 16.0 Å². The van der Waals surface area contributed by atoms with Gasteiger partial charge in [-0.3, -0.25) is 0 Å². The van der Waals surface area contributed by atoms with Gasteiger partial charge < -0.3 is 0 Å². The molecule has 0 amide bonds. The van der Waals surface area contributed by atoms with E-state index in [1.54, 1.807) is 6.07 Å². The van der Waals surface area contributed by atoms with Crippen LogP contribution in [-0.4, -0.2) is 0 Å². The minimum Gasteiger partial charge on any atom is -0.206 e. The van der Waals surface area contributed by atoms with Crippen LogP contribution in [-0.2, 0) is 0 Å². The Bertz CT molecular complexity index is 904. The van der Waals surface area contributed by atoms with Gasteiger partial charge in [0.15, 0.2) is 0 Å². The molecule has 18 heavy (non-hydrogen) atoms. The summed E-state index contributed by atoms with van der Waals surface area (Å²) in [5.74, 6) is -0.138. The lowest BCUT2D eigenvalue weighted by molar-refractivity contribution is 0.640. The van der Waals surface area contributed by atoms with Crippen LogP contribution in [0.1, 0.15) is 6.42 Å². The Kier molecular flexibility index (Phi) is 1.87. The van der Waals surface area contributed by atoms with E-state index in [0.29, 0.717) is 0 Å². The van der Waals surface area contributed by atoms with E-state index in [4.69, 9.17) is 0 Å². The summed E-state index contributed by atoms with van der Waals surface area (Å²) >= 11 is 0. The Morgan fingerprint density at radius 2 is 1.61 bits per heavy atom. The molecule has 0 radical (unpaired) electrons. The summed E-state index contributed by atoms with van der Waals surface area (Å²) in [7, 11) is 0. The Labute approximate surface area is 104 Å². The molecular formula is C17H11F. The number of hydrogen-bond donors (Lipinski definition) is 0. The van der Waals surface area contributed by atoms with Crippen LogP contribution < -0.4 is 10.4 Å². The van der Waals surface area contributed by atoms with Crippen LogP contribution in [0.3, 0.4) is 0 Å². The predicted molar refractivity (Wildman–Crippen MR) is 74.2 cm³/mol. The lowest BCUT2D eigenvalue weighted by Crippen LogP contribution is -2.06. The van der Waals surface area contributed by atoms with Crippen LogP contribution in [0.25, 0.3) is 33.7 Å². The number of rotatable bonds is 0. The van der Waals surface area contributed by atoms with Gasteiger partial charge in [-0.15, -0.1) is 0 Å². The molecule has 0 saturated carbocycles. The van der Waals surface area contributed by atoms with Crippen molar-refractivity contribution in [3.8, 4) is 0 Å². The van der Waals surface area contributed by atoms with E-state index in [9.17, 15) is 4.39 Å². The van der Waals surface area contributed by atoms with Crippen molar-refractivity contribution in [2.24, 2.45) is 0 Å². The molecule has 0 nitrogen and oxygen atoms in total. The fourth-order valence-corrected chi connectivity index (χ4v) is 2.90. The van der Waals surface area contributed by atoms with E-state index in [0.717, 1.165) is 22.4 Å². The van der Waals surface area contributed by atoms with Crippen LogP contribution in [0.15, 0.2) is 42.5 Å². The summed E-state index contributed by atoms with van der Waals surface area (Å²) in [4.78, 5) is 0. The molecule has 1 aliphatic carbocycles. The topological polar surface area (TPSA) is 0 Å². The SMILES string of the molecule is Fc1ccc2c3c1ccc1cccc(c13)=CCC=2. The van der Waals surface area contributed by atoms with Crippen LogP contribution in [0.5, 0.6) is 0 Å². The van der Waals surface area contributed by atoms with Gasteiger partial charge in [-0.2, -0.15) is 0 Å². The van der Waals surface area contributed by atoms with Gasteiger partial charge in [-0.05, 0) is 39.1 Å². The lowest BCUT2D eigenvalue weighted by atomic mass is 9.99. The fraction of sp³-hybridized carbons (Fsp3) is 0.0588. The molecule has 1 aliphatic rings. The first-order valence-electron chi connectivity index (χ1n) is 6.15. The second-order valence-corrected chi connectivity index (χ2v) is 4.71.